The monoisotopic (exact) mass is 271 g/mol. The minimum atomic E-state index is -0.683. The molecule has 2 unspecified atom stereocenters. The lowest BCUT2D eigenvalue weighted by atomic mass is 9.97. The predicted molar refractivity (Wildman–Crippen MR) is 78.1 cm³/mol. The molecule has 0 N–H and O–H groups in total. The van der Waals surface area contributed by atoms with Crippen LogP contribution in [0.15, 0.2) is 30.3 Å². The summed E-state index contributed by atoms with van der Waals surface area (Å²) in [5.74, 6) is -0.748. The number of likely N-dealkylation sites (tertiary alicyclic amines) is 1. The summed E-state index contributed by atoms with van der Waals surface area (Å²) >= 11 is 0. The summed E-state index contributed by atoms with van der Waals surface area (Å²) in [6.07, 6.45) is 2.11. The Balaban J connectivity index is 2.11. The van der Waals surface area contributed by atoms with Crippen molar-refractivity contribution < 1.29 is 4.79 Å². The predicted octanol–water partition coefficient (Wildman–Crippen LogP) is 1.85. The first-order valence-electron chi connectivity index (χ1n) is 7.03. The fourth-order valence-corrected chi connectivity index (χ4v) is 2.68. The standard InChI is InChI=1S/C16H21N3O/c1-18(2)14-9-6-10-19(12-14)16(20)15(11-17)13-7-4-3-5-8-13/h3-5,7-8,14-15H,6,9-10,12H2,1-2H3. The second-order valence-electron chi connectivity index (χ2n) is 5.52. The Kier molecular flexibility index (Phi) is 4.75. The van der Waals surface area contributed by atoms with E-state index in [1.807, 2.05) is 49.3 Å². The highest BCUT2D eigenvalue weighted by Gasteiger charge is 2.30. The molecule has 1 aromatic rings. The van der Waals surface area contributed by atoms with Crippen LogP contribution in [0.25, 0.3) is 0 Å². The molecular weight excluding hydrogens is 250 g/mol. The van der Waals surface area contributed by atoms with Crippen LogP contribution in [0.1, 0.15) is 24.3 Å². The maximum Gasteiger partial charge on any atom is 0.244 e. The highest BCUT2D eigenvalue weighted by molar-refractivity contribution is 5.86. The molecule has 106 valence electrons. The zero-order valence-electron chi connectivity index (χ0n) is 12.1. The van der Waals surface area contributed by atoms with Crippen LogP contribution < -0.4 is 0 Å². The van der Waals surface area contributed by atoms with Gasteiger partial charge in [-0.2, -0.15) is 5.26 Å². The van der Waals surface area contributed by atoms with Crippen LogP contribution in [0, 0.1) is 11.3 Å². The van der Waals surface area contributed by atoms with Crippen LogP contribution in [0.4, 0.5) is 0 Å². The zero-order chi connectivity index (χ0) is 14.5. The highest BCUT2D eigenvalue weighted by atomic mass is 16.2. The van der Waals surface area contributed by atoms with Gasteiger partial charge in [-0.25, -0.2) is 0 Å². The average molecular weight is 271 g/mol. The van der Waals surface area contributed by atoms with Crippen molar-refractivity contribution >= 4 is 5.91 Å². The van der Waals surface area contributed by atoms with Gasteiger partial charge in [0, 0.05) is 19.1 Å². The van der Waals surface area contributed by atoms with Crippen molar-refractivity contribution in [1.82, 2.24) is 9.80 Å². The average Bonchev–Trinajstić information content (AvgIpc) is 2.49. The molecule has 1 aliphatic rings. The molecule has 1 saturated heterocycles. The number of piperidine rings is 1. The summed E-state index contributed by atoms with van der Waals surface area (Å²) in [6.45, 7) is 1.48. The lowest BCUT2D eigenvalue weighted by Crippen LogP contribution is -2.48. The van der Waals surface area contributed by atoms with E-state index < -0.39 is 5.92 Å². The van der Waals surface area contributed by atoms with E-state index in [1.165, 1.54) is 0 Å². The maximum absolute atomic E-state index is 12.6. The molecule has 2 rings (SSSR count). The third-order valence-corrected chi connectivity index (χ3v) is 3.95. The second-order valence-corrected chi connectivity index (χ2v) is 5.52. The van der Waals surface area contributed by atoms with E-state index in [-0.39, 0.29) is 5.91 Å². The Morgan fingerprint density at radius 1 is 1.40 bits per heavy atom. The molecule has 4 heteroatoms. The zero-order valence-corrected chi connectivity index (χ0v) is 12.1. The van der Waals surface area contributed by atoms with E-state index in [4.69, 9.17) is 0 Å². The van der Waals surface area contributed by atoms with E-state index >= 15 is 0 Å². The smallest absolute Gasteiger partial charge is 0.244 e. The molecule has 0 aliphatic carbocycles. The van der Waals surface area contributed by atoms with E-state index in [1.54, 1.807) is 0 Å². The van der Waals surface area contributed by atoms with Gasteiger partial charge in [-0.05, 0) is 32.5 Å². The molecule has 0 spiro atoms. The third kappa shape index (κ3) is 3.17. The van der Waals surface area contributed by atoms with Gasteiger partial charge in [0.15, 0.2) is 0 Å². The van der Waals surface area contributed by atoms with Gasteiger partial charge in [-0.1, -0.05) is 30.3 Å². The minimum Gasteiger partial charge on any atom is -0.340 e. The molecule has 1 aromatic carbocycles. The van der Waals surface area contributed by atoms with Gasteiger partial charge in [-0.3, -0.25) is 4.79 Å². The Morgan fingerprint density at radius 3 is 2.70 bits per heavy atom. The number of amides is 1. The molecule has 0 saturated carbocycles. The lowest BCUT2D eigenvalue weighted by Gasteiger charge is -2.36. The van der Waals surface area contributed by atoms with Crippen LogP contribution in [0.3, 0.4) is 0 Å². The SMILES string of the molecule is CN(C)C1CCCN(C(=O)C(C#N)c2ccccc2)C1. The molecule has 4 nitrogen and oxygen atoms in total. The van der Waals surface area contributed by atoms with Gasteiger partial charge in [0.05, 0.1) is 6.07 Å². The van der Waals surface area contributed by atoms with Crippen LogP contribution in [-0.2, 0) is 4.79 Å². The highest BCUT2D eigenvalue weighted by Crippen LogP contribution is 2.21. The maximum atomic E-state index is 12.6. The second kappa shape index (κ2) is 6.53. The molecule has 0 radical (unpaired) electrons. The van der Waals surface area contributed by atoms with Crippen molar-refractivity contribution in [1.29, 1.82) is 5.26 Å². The van der Waals surface area contributed by atoms with Crippen LogP contribution in [0.2, 0.25) is 0 Å². The number of carbonyl (C=O) groups excluding carboxylic acids is 1. The van der Waals surface area contributed by atoms with Gasteiger partial charge < -0.3 is 9.80 Å². The van der Waals surface area contributed by atoms with Crippen molar-refractivity contribution in [2.24, 2.45) is 0 Å². The van der Waals surface area contributed by atoms with Gasteiger partial charge >= 0.3 is 0 Å². The first kappa shape index (κ1) is 14.5. The summed E-state index contributed by atoms with van der Waals surface area (Å²) < 4.78 is 0. The number of hydrogen-bond donors (Lipinski definition) is 0. The van der Waals surface area contributed by atoms with Crippen LogP contribution in [-0.4, -0.2) is 48.9 Å². The van der Waals surface area contributed by atoms with Crippen molar-refractivity contribution in [3.05, 3.63) is 35.9 Å². The Morgan fingerprint density at radius 2 is 2.10 bits per heavy atom. The van der Waals surface area contributed by atoms with Gasteiger partial charge in [0.1, 0.15) is 5.92 Å². The molecule has 20 heavy (non-hydrogen) atoms. The molecule has 1 fully saturated rings. The van der Waals surface area contributed by atoms with Crippen molar-refractivity contribution in [2.45, 2.75) is 24.8 Å². The fourth-order valence-electron chi connectivity index (χ4n) is 2.68. The third-order valence-electron chi connectivity index (χ3n) is 3.95. The first-order chi connectivity index (χ1) is 9.63. The van der Waals surface area contributed by atoms with E-state index in [0.29, 0.717) is 6.04 Å². The number of likely N-dealkylation sites (N-methyl/N-ethyl adjacent to an activating group) is 1. The Hall–Kier alpha value is -1.86. The lowest BCUT2D eigenvalue weighted by molar-refractivity contribution is -0.133. The van der Waals surface area contributed by atoms with Gasteiger partial charge in [0.2, 0.25) is 5.91 Å². The van der Waals surface area contributed by atoms with E-state index in [9.17, 15) is 10.1 Å². The Labute approximate surface area is 120 Å². The normalized spacial score (nSPS) is 20.5. The number of carbonyl (C=O) groups is 1. The first-order valence-corrected chi connectivity index (χ1v) is 7.03. The Bertz CT molecular complexity index is 492. The van der Waals surface area contributed by atoms with Crippen molar-refractivity contribution in [3.63, 3.8) is 0 Å². The summed E-state index contributed by atoms with van der Waals surface area (Å²) in [5.41, 5.74) is 0.784. The number of hydrogen-bond acceptors (Lipinski definition) is 3. The number of rotatable bonds is 3. The van der Waals surface area contributed by atoms with Crippen molar-refractivity contribution in [3.8, 4) is 6.07 Å². The van der Waals surface area contributed by atoms with E-state index in [2.05, 4.69) is 11.0 Å². The minimum absolute atomic E-state index is 0.0646. The summed E-state index contributed by atoms with van der Waals surface area (Å²) in [7, 11) is 4.08. The van der Waals surface area contributed by atoms with Crippen molar-refractivity contribution in [2.75, 3.05) is 27.2 Å². The van der Waals surface area contributed by atoms with Gasteiger partial charge in [-0.15, -0.1) is 0 Å². The van der Waals surface area contributed by atoms with Crippen LogP contribution in [0.5, 0.6) is 0 Å². The molecule has 0 aromatic heterocycles. The van der Waals surface area contributed by atoms with E-state index in [0.717, 1.165) is 31.5 Å². The molecular formula is C16H21N3O. The van der Waals surface area contributed by atoms with Crippen LogP contribution >= 0.6 is 0 Å². The number of nitrogens with zero attached hydrogens (tertiary/aromatic N) is 3. The largest absolute Gasteiger partial charge is 0.340 e. The summed E-state index contributed by atoms with van der Waals surface area (Å²) in [5, 5.41) is 9.35. The molecule has 0 bridgehead atoms. The molecule has 1 heterocycles. The van der Waals surface area contributed by atoms with Gasteiger partial charge in [0.25, 0.3) is 0 Å². The molecule has 2 atom stereocenters. The summed E-state index contributed by atoms with van der Waals surface area (Å²) in [6, 6.07) is 11.9. The number of nitriles is 1. The topological polar surface area (TPSA) is 47.3 Å². The quantitative estimate of drug-likeness (QED) is 0.843. The molecule has 1 amide bonds. The molecule has 1 aliphatic heterocycles. The number of benzene rings is 1. The fraction of sp³-hybridized carbons (Fsp3) is 0.500. The summed E-state index contributed by atoms with van der Waals surface area (Å²) in [4.78, 5) is 16.6.